The lowest BCUT2D eigenvalue weighted by molar-refractivity contribution is -0.184. The SMILES string of the molecule is O=C1C(O)OCCN1Cc1cc(F)c(F)c(F)c1.O=C1OCCN(Cc2cc(F)c(F)c(F)c2)C1=O. The molecule has 194 valence electrons. The summed E-state index contributed by atoms with van der Waals surface area (Å²) in [5.74, 6) is -11.0. The van der Waals surface area contributed by atoms with Crippen molar-refractivity contribution in [3.05, 3.63) is 70.3 Å². The van der Waals surface area contributed by atoms with Gasteiger partial charge in [-0.1, -0.05) is 0 Å². The number of benzene rings is 2. The highest BCUT2D eigenvalue weighted by Crippen LogP contribution is 2.18. The molecule has 0 spiro atoms. The Morgan fingerprint density at radius 3 is 1.69 bits per heavy atom. The standard InChI is InChI=1S/C11H10F3NO3.C11H8F3NO3/c2*12-7-3-6(4-8(13)9(7)14)5-15-1-2-18-11(17)10(15)16/h3-4,11,17H,1-2,5H2;3-4H,1-2,5H2. The molecule has 2 aromatic carbocycles. The van der Waals surface area contributed by atoms with Crippen molar-refractivity contribution in [2.75, 3.05) is 26.3 Å². The average molecular weight is 520 g/mol. The molecule has 0 saturated carbocycles. The molecule has 2 aromatic rings. The first-order chi connectivity index (χ1) is 17.0. The van der Waals surface area contributed by atoms with Crippen molar-refractivity contribution in [1.29, 1.82) is 0 Å². The van der Waals surface area contributed by atoms with E-state index in [-0.39, 0.29) is 50.5 Å². The number of rotatable bonds is 4. The summed E-state index contributed by atoms with van der Waals surface area (Å²) >= 11 is 0. The fourth-order valence-corrected chi connectivity index (χ4v) is 3.30. The zero-order valence-electron chi connectivity index (χ0n) is 18.3. The molecule has 36 heavy (non-hydrogen) atoms. The Hall–Kier alpha value is -3.65. The number of nitrogens with zero attached hydrogens (tertiary/aromatic N) is 2. The molecule has 2 fully saturated rings. The summed E-state index contributed by atoms with van der Waals surface area (Å²) in [7, 11) is 0. The van der Waals surface area contributed by atoms with Crippen LogP contribution in [-0.4, -0.2) is 65.3 Å². The van der Waals surface area contributed by atoms with Crippen LogP contribution in [0.5, 0.6) is 0 Å². The van der Waals surface area contributed by atoms with E-state index in [1.165, 1.54) is 4.90 Å². The molecule has 1 atom stereocenters. The van der Waals surface area contributed by atoms with Gasteiger partial charge >= 0.3 is 11.9 Å². The fraction of sp³-hybridized carbons (Fsp3) is 0.318. The van der Waals surface area contributed by atoms with Crippen molar-refractivity contribution in [3.8, 4) is 0 Å². The average Bonchev–Trinajstić information content (AvgIpc) is 2.82. The predicted octanol–water partition coefficient (Wildman–Crippen LogP) is 1.77. The van der Waals surface area contributed by atoms with E-state index in [1.807, 2.05) is 0 Å². The lowest BCUT2D eigenvalue weighted by Crippen LogP contribution is -2.47. The normalized spacial score (nSPS) is 18.1. The summed E-state index contributed by atoms with van der Waals surface area (Å²) in [6.07, 6.45) is -1.56. The lowest BCUT2D eigenvalue weighted by Gasteiger charge is -2.29. The number of cyclic esters (lactones) is 1. The number of morpholine rings is 2. The van der Waals surface area contributed by atoms with Crippen LogP contribution in [-0.2, 0) is 36.9 Å². The highest BCUT2D eigenvalue weighted by molar-refractivity contribution is 6.32. The number of carbonyl (C=O) groups is 3. The third kappa shape index (κ3) is 6.31. The van der Waals surface area contributed by atoms with Crippen LogP contribution in [0.2, 0.25) is 0 Å². The largest absolute Gasteiger partial charge is 0.457 e. The van der Waals surface area contributed by atoms with Crippen molar-refractivity contribution >= 4 is 17.8 Å². The molecular formula is C22H18F6N2O6. The molecule has 4 rings (SSSR count). The van der Waals surface area contributed by atoms with Gasteiger partial charge in [0.1, 0.15) is 6.61 Å². The minimum Gasteiger partial charge on any atom is -0.457 e. The molecule has 14 heteroatoms. The van der Waals surface area contributed by atoms with Gasteiger partial charge in [-0.05, 0) is 35.4 Å². The van der Waals surface area contributed by atoms with Gasteiger partial charge in [0, 0.05) is 19.6 Å². The van der Waals surface area contributed by atoms with Crippen LogP contribution in [0.4, 0.5) is 26.3 Å². The van der Waals surface area contributed by atoms with Crippen molar-refractivity contribution in [2.45, 2.75) is 19.4 Å². The van der Waals surface area contributed by atoms with Crippen molar-refractivity contribution in [3.63, 3.8) is 0 Å². The Labute approximate surface area is 199 Å². The van der Waals surface area contributed by atoms with Crippen LogP contribution in [0.15, 0.2) is 24.3 Å². The van der Waals surface area contributed by atoms with Gasteiger partial charge in [0.05, 0.1) is 13.2 Å². The number of halogens is 6. The molecule has 2 heterocycles. The highest BCUT2D eigenvalue weighted by Gasteiger charge is 2.29. The zero-order valence-corrected chi connectivity index (χ0v) is 18.3. The number of esters is 1. The highest BCUT2D eigenvalue weighted by atomic mass is 19.2. The molecule has 8 nitrogen and oxygen atoms in total. The molecule has 0 radical (unpaired) electrons. The van der Waals surface area contributed by atoms with E-state index in [0.29, 0.717) is 0 Å². The Bertz CT molecular complexity index is 1130. The molecule has 2 aliphatic rings. The van der Waals surface area contributed by atoms with E-state index >= 15 is 0 Å². The van der Waals surface area contributed by atoms with Gasteiger partial charge in [0.2, 0.25) is 6.29 Å². The molecule has 1 unspecified atom stereocenters. The Morgan fingerprint density at radius 2 is 1.19 bits per heavy atom. The summed E-state index contributed by atoms with van der Waals surface area (Å²) in [4.78, 5) is 36.0. The van der Waals surface area contributed by atoms with Crippen molar-refractivity contribution in [1.82, 2.24) is 9.80 Å². The Balaban J connectivity index is 0.000000201. The Kier molecular flexibility index (Phi) is 8.53. The lowest BCUT2D eigenvalue weighted by atomic mass is 10.2. The van der Waals surface area contributed by atoms with Crippen molar-refractivity contribution < 1.29 is 55.3 Å². The maximum Gasteiger partial charge on any atom is 0.397 e. The molecule has 1 N–H and O–H groups in total. The molecule has 2 amide bonds. The van der Waals surface area contributed by atoms with Crippen molar-refractivity contribution in [2.24, 2.45) is 0 Å². The number of aliphatic hydroxyl groups excluding tert-OH is 1. The molecule has 2 aliphatic heterocycles. The topological polar surface area (TPSA) is 96.4 Å². The van der Waals surface area contributed by atoms with Gasteiger partial charge in [-0.2, -0.15) is 0 Å². The Morgan fingerprint density at radius 1 is 0.750 bits per heavy atom. The second kappa shape index (κ2) is 11.4. The van der Waals surface area contributed by atoms with Gasteiger partial charge in [-0.3, -0.25) is 9.59 Å². The summed E-state index contributed by atoms with van der Waals surface area (Å²) in [6.45, 7) is 0.174. The predicted molar refractivity (Wildman–Crippen MR) is 106 cm³/mol. The fourth-order valence-electron chi connectivity index (χ4n) is 3.30. The van der Waals surface area contributed by atoms with E-state index in [9.17, 15) is 40.7 Å². The third-order valence-corrected chi connectivity index (χ3v) is 5.05. The van der Waals surface area contributed by atoms with Gasteiger partial charge in [0.15, 0.2) is 34.9 Å². The summed E-state index contributed by atoms with van der Waals surface area (Å²) in [5.41, 5.74) is 0.170. The number of amides is 2. The van der Waals surface area contributed by atoms with E-state index in [1.54, 1.807) is 0 Å². The molecule has 0 aromatic heterocycles. The second-order valence-corrected chi connectivity index (χ2v) is 7.59. The number of aliphatic hydroxyl groups is 1. The first-order valence-corrected chi connectivity index (χ1v) is 10.3. The second-order valence-electron chi connectivity index (χ2n) is 7.59. The molecule has 0 aliphatic carbocycles. The summed E-state index contributed by atoms with van der Waals surface area (Å²) < 4.78 is 86.5. The number of carbonyl (C=O) groups excluding carboxylic acids is 3. The van der Waals surface area contributed by atoms with Gasteiger partial charge in [-0.15, -0.1) is 0 Å². The number of hydrogen-bond donors (Lipinski definition) is 1. The van der Waals surface area contributed by atoms with Gasteiger partial charge < -0.3 is 24.4 Å². The minimum atomic E-state index is -1.57. The smallest absolute Gasteiger partial charge is 0.397 e. The quantitative estimate of drug-likeness (QED) is 0.286. The molecule has 2 saturated heterocycles. The van der Waals surface area contributed by atoms with Gasteiger partial charge in [-0.25, -0.2) is 31.1 Å². The van der Waals surface area contributed by atoms with E-state index in [4.69, 9.17) is 5.11 Å². The first-order valence-electron chi connectivity index (χ1n) is 10.3. The summed E-state index contributed by atoms with van der Waals surface area (Å²) in [6, 6.07) is 3.19. The van der Waals surface area contributed by atoms with Crippen LogP contribution in [0.1, 0.15) is 11.1 Å². The zero-order chi connectivity index (χ0) is 26.6. The summed E-state index contributed by atoms with van der Waals surface area (Å²) in [5, 5.41) is 9.16. The number of ether oxygens (including phenoxy) is 2. The van der Waals surface area contributed by atoms with Crippen LogP contribution < -0.4 is 0 Å². The first kappa shape index (κ1) is 26.9. The third-order valence-electron chi connectivity index (χ3n) is 5.05. The molecule has 0 bridgehead atoms. The van der Waals surface area contributed by atoms with E-state index in [2.05, 4.69) is 9.47 Å². The maximum absolute atomic E-state index is 13.0. The van der Waals surface area contributed by atoms with Gasteiger partial charge in [0.25, 0.3) is 5.91 Å². The van der Waals surface area contributed by atoms with Crippen LogP contribution >= 0.6 is 0 Å². The van der Waals surface area contributed by atoms with Crippen LogP contribution in [0.3, 0.4) is 0 Å². The molecular weight excluding hydrogens is 502 g/mol. The van der Waals surface area contributed by atoms with Crippen LogP contribution in [0, 0.1) is 34.9 Å². The maximum atomic E-state index is 13.0. The van der Waals surface area contributed by atoms with E-state index < -0.39 is 59.0 Å². The minimum absolute atomic E-state index is 0.0245. The van der Waals surface area contributed by atoms with Crippen LogP contribution in [0.25, 0.3) is 0 Å². The number of hydrogen-bond acceptors (Lipinski definition) is 6. The van der Waals surface area contributed by atoms with E-state index in [0.717, 1.165) is 29.2 Å². The monoisotopic (exact) mass is 520 g/mol.